The summed E-state index contributed by atoms with van der Waals surface area (Å²) in [6.07, 6.45) is 1.61. The zero-order chi connectivity index (χ0) is 16.4. The molecule has 3 heterocycles. The molecule has 6 heteroatoms. The number of H-pyrrole nitrogens is 1. The second-order valence-corrected chi connectivity index (χ2v) is 5.82. The lowest BCUT2D eigenvalue weighted by Crippen LogP contribution is -2.18. The van der Waals surface area contributed by atoms with Crippen LogP contribution in [0.4, 0.5) is 5.82 Å². The minimum absolute atomic E-state index is 0.233. The highest BCUT2D eigenvalue weighted by atomic mass is 16.1. The summed E-state index contributed by atoms with van der Waals surface area (Å²) in [6, 6.07) is 15.6. The molecule has 3 aromatic rings. The van der Waals surface area contributed by atoms with E-state index in [1.807, 2.05) is 18.2 Å². The quantitative estimate of drug-likeness (QED) is 0.775. The summed E-state index contributed by atoms with van der Waals surface area (Å²) in [4.78, 5) is 18.6. The monoisotopic (exact) mass is 319 g/mol. The summed E-state index contributed by atoms with van der Waals surface area (Å²) in [6.45, 7) is 2.41. The first-order chi connectivity index (χ1) is 11.8. The number of carbonyl (C=O) groups is 1. The van der Waals surface area contributed by atoms with Crippen LogP contribution in [0.25, 0.3) is 0 Å². The van der Waals surface area contributed by atoms with Gasteiger partial charge in [-0.05, 0) is 17.7 Å². The van der Waals surface area contributed by atoms with Crippen LogP contribution in [-0.4, -0.2) is 26.0 Å². The van der Waals surface area contributed by atoms with Crippen LogP contribution in [0.2, 0.25) is 0 Å². The zero-order valence-electron chi connectivity index (χ0n) is 13.1. The molecule has 4 rings (SSSR count). The van der Waals surface area contributed by atoms with E-state index in [0.717, 1.165) is 30.9 Å². The molecule has 2 N–H and O–H groups in total. The van der Waals surface area contributed by atoms with Crippen LogP contribution in [0.3, 0.4) is 0 Å². The van der Waals surface area contributed by atoms with Gasteiger partial charge in [0.1, 0.15) is 11.5 Å². The Hall–Kier alpha value is -2.99. The topological polar surface area (TPSA) is 73.9 Å². The lowest BCUT2D eigenvalue weighted by atomic mass is 10.2. The minimum atomic E-state index is -0.233. The average molecular weight is 319 g/mol. The minimum Gasteiger partial charge on any atom is -0.305 e. The molecule has 0 spiro atoms. The summed E-state index contributed by atoms with van der Waals surface area (Å²) in [5.74, 6) is 0.430. The number of amides is 1. The van der Waals surface area contributed by atoms with Crippen molar-refractivity contribution < 1.29 is 4.79 Å². The van der Waals surface area contributed by atoms with Gasteiger partial charge in [-0.15, -0.1) is 0 Å². The Morgan fingerprint density at radius 3 is 2.75 bits per heavy atom. The third-order valence-electron chi connectivity index (χ3n) is 4.09. The lowest BCUT2D eigenvalue weighted by Gasteiger charge is -2.15. The van der Waals surface area contributed by atoms with Crippen molar-refractivity contribution in [3.05, 3.63) is 77.2 Å². The van der Waals surface area contributed by atoms with E-state index in [9.17, 15) is 4.79 Å². The number of fused-ring (bicyclic) bond motifs is 1. The van der Waals surface area contributed by atoms with Crippen molar-refractivity contribution >= 4 is 11.7 Å². The highest BCUT2D eigenvalue weighted by molar-refractivity contribution is 6.02. The Kier molecular flexibility index (Phi) is 3.80. The number of carbonyl (C=O) groups excluding carboxylic acids is 1. The zero-order valence-corrected chi connectivity index (χ0v) is 13.1. The van der Waals surface area contributed by atoms with Gasteiger partial charge in [-0.1, -0.05) is 36.4 Å². The lowest BCUT2D eigenvalue weighted by molar-refractivity contribution is 0.102. The Bertz CT molecular complexity index is 844. The maximum atomic E-state index is 12.2. The van der Waals surface area contributed by atoms with Crippen molar-refractivity contribution in [3.8, 4) is 0 Å². The van der Waals surface area contributed by atoms with E-state index in [-0.39, 0.29) is 5.91 Å². The summed E-state index contributed by atoms with van der Waals surface area (Å²) in [7, 11) is 0. The van der Waals surface area contributed by atoms with Crippen molar-refractivity contribution in [2.75, 3.05) is 5.32 Å². The summed E-state index contributed by atoms with van der Waals surface area (Å²) in [5.41, 5.74) is 3.70. The van der Waals surface area contributed by atoms with Crippen LogP contribution in [0.1, 0.15) is 27.3 Å². The normalized spacial score (nSPS) is 13.7. The highest BCUT2D eigenvalue weighted by Crippen LogP contribution is 2.28. The molecule has 1 amide bonds. The van der Waals surface area contributed by atoms with Crippen LogP contribution >= 0.6 is 0 Å². The predicted molar refractivity (Wildman–Crippen MR) is 90.2 cm³/mol. The Labute approximate surface area is 139 Å². The number of aromatic nitrogens is 3. The number of hydrogen-bond donors (Lipinski definition) is 2. The predicted octanol–water partition coefficient (Wildman–Crippen LogP) is 2.57. The van der Waals surface area contributed by atoms with E-state index in [0.29, 0.717) is 11.5 Å². The average Bonchev–Trinajstić information content (AvgIpc) is 3.18. The number of nitrogens with one attached hydrogen (secondary N) is 2. The summed E-state index contributed by atoms with van der Waals surface area (Å²) >= 11 is 0. The molecule has 1 aliphatic rings. The SMILES string of the molecule is O=C(Nc1[nH]nc2c1CN(Cc1ccccc1)C2)c1ccccn1. The fourth-order valence-electron chi connectivity index (χ4n) is 2.93. The molecule has 1 aliphatic heterocycles. The van der Waals surface area contributed by atoms with Gasteiger partial charge in [-0.25, -0.2) is 0 Å². The number of hydrogen-bond acceptors (Lipinski definition) is 4. The van der Waals surface area contributed by atoms with Gasteiger partial charge in [-0.2, -0.15) is 5.10 Å². The Morgan fingerprint density at radius 2 is 1.96 bits per heavy atom. The van der Waals surface area contributed by atoms with Gasteiger partial charge in [0.05, 0.1) is 5.69 Å². The highest BCUT2D eigenvalue weighted by Gasteiger charge is 2.26. The molecule has 0 unspecified atom stereocenters. The second kappa shape index (κ2) is 6.25. The van der Waals surface area contributed by atoms with Crippen LogP contribution < -0.4 is 5.32 Å². The molecule has 120 valence electrons. The maximum absolute atomic E-state index is 12.2. The molecule has 0 atom stereocenters. The van der Waals surface area contributed by atoms with E-state index in [1.54, 1.807) is 24.4 Å². The van der Waals surface area contributed by atoms with Gasteiger partial charge < -0.3 is 5.32 Å². The van der Waals surface area contributed by atoms with Crippen molar-refractivity contribution in [3.63, 3.8) is 0 Å². The Morgan fingerprint density at radius 1 is 1.12 bits per heavy atom. The van der Waals surface area contributed by atoms with Crippen LogP contribution in [-0.2, 0) is 19.6 Å². The number of pyridine rings is 1. The van der Waals surface area contributed by atoms with Crippen molar-refractivity contribution in [1.29, 1.82) is 0 Å². The van der Waals surface area contributed by atoms with Gasteiger partial charge in [0, 0.05) is 31.4 Å². The van der Waals surface area contributed by atoms with Gasteiger partial charge >= 0.3 is 0 Å². The van der Waals surface area contributed by atoms with Crippen molar-refractivity contribution in [2.24, 2.45) is 0 Å². The molecule has 0 saturated carbocycles. The van der Waals surface area contributed by atoms with Gasteiger partial charge in [-0.3, -0.25) is 19.8 Å². The maximum Gasteiger partial charge on any atom is 0.275 e. The molecule has 0 bridgehead atoms. The standard InChI is InChI=1S/C18H17N5O/c24-18(15-8-4-5-9-19-15)20-17-14-11-23(12-16(14)21-22-17)10-13-6-2-1-3-7-13/h1-9H,10-12H2,(H2,20,21,22,24). The molecule has 0 aliphatic carbocycles. The van der Waals surface area contributed by atoms with E-state index in [2.05, 4.69) is 37.5 Å². The summed E-state index contributed by atoms with van der Waals surface area (Å²) < 4.78 is 0. The number of rotatable bonds is 4. The smallest absolute Gasteiger partial charge is 0.275 e. The molecule has 0 saturated heterocycles. The molecule has 0 radical (unpaired) electrons. The first-order valence-electron chi connectivity index (χ1n) is 7.84. The van der Waals surface area contributed by atoms with Crippen LogP contribution in [0.5, 0.6) is 0 Å². The third kappa shape index (κ3) is 2.91. The molecule has 2 aromatic heterocycles. The molecule has 24 heavy (non-hydrogen) atoms. The number of benzene rings is 1. The molecule has 0 fully saturated rings. The number of anilines is 1. The van der Waals surface area contributed by atoms with Crippen LogP contribution in [0.15, 0.2) is 54.7 Å². The van der Waals surface area contributed by atoms with Crippen molar-refractivity contribution in [2.45, 2.75) is 19.6 Å². The van der Waals surface area contributed by atoms with Crippen molar-refractivity contribution in [1.82, 2.24) is 20.1 Å². The second-order valence-electron chi connectivity index (χ2n) is 5.82. The van der Waals surface area contributed by atoms with E-state index >= 15 is 0 Å². The molecular weight excluding hydrogens is 302 g/mol. The first kappa shape index (κ1) is 14.6. The van der Waals surface area contributed by atoms with Gasteiger partial charge in [0.25, 0.3) is 5.91 Å². The molecule has 1 aromatic carbocycles. The number of nitrogens with zero attached hydrogens (tertiary/aromatic N) is 3. The van der Waals surface area contributed by atoms with E-state index in [4.69, 9.17) is 0 Å². The fourth-order valence-corrected chi connectivity index (χ4v) is 2.93. The fraction of sp³-hybridized carbons (Fsp3) is 0.167. The largest absolute Gasteiger partial charge is 0.305 e. The number of aromatic amines is 1. The Balaban J connectivity index is 1.46. The first-order valence-corrected chi connectivity index (χ1v) is 7.84. The van der Waals surface area contributed by atoms with Gasteiger partial charge in [0.2, 0.25) is 0 Å². The van der Waals surface area contributed by atoms with E-state index in [1.165, 1.54) is 5.56 Å². The third-order valence-corrected chi connectivity index (χ3v) is 4.09. The summed E-state index contributed by atoms with van der Waals surface area (Å²) in [5, 5.41) is 10.1. The van der Waals surface area contributed by atoms with Crippen LogP contribution in [0, 0.1) is 0 Å². The van der Waals surface area contributed by atoms with Gasteiger partial charge in [0.15, 0.2) is 0 Å². The van der Waals surface area contributed by atoms with E-state index < -0.39 is 0 Å². The molecular formula is C18H17N5O. The molecule has 6 nitrogen and oxygen atoms in total.